The first-order valence-electron chi connectivity index (χ1n) is 10.9. The summed E-state index contributed by atoms with van der Waals surface area (Å²) in [4.78, 5) is 37.4. The van der Waals surface area contributed by atoms with Gasteiger partial charge in [0, 0.05) is 17.2 Å². The van der Waals surface area contributed by atoms with E-state index >= 15 is 0 Å². The number of nitrogens with one attached hydrogen (secondary N) is 1. The zero-order valence-corrected chi connectivity index (χ0v) is 20.0. The zero-order chi connectivity index (χ0) is 25.1. The summed E-state index contributed by atoms with van der Waals surface area (Å²) in [5.41, 5.74) is 7.05. The Morgan fingerprint density at radius 1 is 0.758 bits per heavy atom. The number of hydrogen-bond acceptors (Lipinski definition) is 4. The molecule has 7 heteroatoms. The first-order valence-corrected chi connectivity index (χ1v) is 10.9. The highest BCUT2D eigenvalue weighted by Crippen LogP contribution is 2.43. The summed E-state index contributed by atoms with van der Waals surface area (Å²) in [6.45, 7) is 10.7. The Hall–Kier alpha value is -3.35. The van der Waals surface area contributed by atoms with Gasteiger partial charge in [-0.25, -0.2) is 4.79 Å². The number of hydrogen-bond donors (Lipinski definition) is 4. The van der Waals surface area contributed by atoms with E-state index in [1.54, 1.807) is 77.9 Å². The van der Waals surface area contributed by atoms with Gasteiger partial charge in [0.1, 0.15) is 6.04 Å². The van der Waals surface area contributed by atoms with Crippen LogP contribution in [0.15, 0.2) is 48.5 Å². The molecule has 2 aromatic rings. The van der Waals surface area contributed by atoms with Crippen molar-refractivity contribution in [3.05, 3.63) is 54.1 Å². The SMILES string of the molecule is CC(C)(C)C(C(=O)O)C(C(NC(=O)c1ccc(-c2ccc(N)cc2)cc1)C(=O)O)C(C)(C)C. The number of aliphatic carboxylic acids is 2. The molecule has 0 saturated heterocycles. The van der Waals surface area contributed by atoms with Crippen molar-refractivity contribution in [2.75, 3.05) is 5.73 Å². The largest absolute Gasteiger partial charge is 0.481 e. The minimum Gasteiger partial charge on any atom is -0.481 e. The topological polar surface area (TPSA) is 130 Å². The second kappa shape index (κ2) is 9.65. The molecule has 0 radical (unpaired) electrons. The van der Waals surface area contributed by atoms with Gasteiger partial charge in [0.05, 0.1) is 5.92 Å². The Balaban J connectivity index is 2.37. The second-order valence-electron chi connectivity index (χ2n) is 10.6. The fourth-order valence-electron chi connectivity index (χ4n) is 4.27. The Bertz CT molecular complexity index is 999. The molecule has 3 unspecified atom stereocenters. The molecule has 0 aliphatic carbocycles. The van der Waals surface area contributed by atoms with Gasteiger partial charge in [0.15, 0.2) is 0 Å². The molecule has 1 amide bonds. The highest BCUT2D eigenvalue weighted by Gasteiger charge is 2.50. The summed E-state index contributed by atoms with van der Waals surface area (Å²) in [6.07, 6.45) is 0. The van der Waals surface area contributed by atoms with Crippen LogP contribution < -0.4 is 11.1 Å². The van der Waals surface area contributed by atoms with Gasteiger partial charge < -0.3 is 21.3 Å². The summed E-state index contributed by atoms with van der Waals surface area (Å²) in [5.74, 6) is -4.77. The highest BCUT2D eigenvalue weighted by atomic mass is 16.4. The molecule has 7 nitrogen and oxygen atoms in total. The second-order valence-corrected chi connectivity index (χ2v) is 10.6. The molecule has 0 saturated carbocycles. The predicted molar refractivity (Wildman–Crippen MR) is 129 cm³/mol. The van der Waals surface area contributed by atoms with Gasteiger partial charge in [0.2, 0.25) is 0 Å². The molecule has 2 rings (SSSR count). The number of carbonyl (C=O) groups is 3. The van der Waals surface area contributed by atoms with E-state index in [0.717, 1.165) is 11.1 Å². The van der Waals surface area contributed by atoms with Gasteiger partial charge >= 0.3 is 11.9 Å². The number of carboxylic acid groups (broad SMARTS) is 2. The zero-order valence-electron chi connectivity index (χ0n) is 20.0. The van der Waals surface area contributed by atoms with Crippen LogP contribution in [0.4, 0.5) is 5.69 Å². The third-order valence-corrected chi connectivity index (χ3v) is 5.86. The molecule has 2 aromatic carbocycles. The van der Waals surface area contributed by atoms with Gasteiger partial charge in [-0.1, -0.05) is 65.8 Å². The molecular weight excluding hydrogens is 420 g/mol. The van der Waals surface area contributed by atoms with Gasteiger partial charge in [-0.2, -0.15) is 0 Å². The van der Waals surface area contributed by atoms with Crippen LogP contribution in [0.1, 0.15) is 51.9 Å². The highest BCUT2D eigenvalue weighted by molar-refractivity contribution is 5.97. The minimum absolute atomic E-state index is 0.288. The average Bonchev–Trinajstić information content (AvgIpc) is 2.68. The van der Waals surface area contributed by atoms with Crippen molar-refractivity contribution in [3.8, 4) is 11.1 Å². The van der Waals surface area contributed by atoms with Gasteiger partial charge in [-0.05, 0) is 46.2 Å². The Kier molecular flexibility index (Phi) is 7.57. The first kappa shape index (κ1) is 25.9. The maximum atomic E-state index is 13.0. The molecule has 0 aromatic heterocycles. The molecule has 5 N–H and O–H groups in total. The standard InChI is InChI=1S/C26H34N2O5/c1-25(2,3)19(20(23(30)31)26(4,5)6)21(24(32)33)28-22(29)17-9-7-15(8-10-17)16-11-13-18(27)14-12-16/h7-14,19-21H,27H2,1-6H3,(H,28,29)(H,30,31)(H,32,33). The van der Waals surface area contributed by atoms with Crippen molar-refractivity contribution < 1.29 is 24.6 Å². The van der Waals surface area contributed by atoms with E-state index in [-0.39, 0.29) is 5.56 Å². The van der Waals surface area contributed by atoms with Gasteiger partial charge in [-0.3, -0.25) is 9.59 Å². The van der Waals surface area contributed by atoms with E-state index in [4.69, 9.17) is 5.73 Å². The van der Waals surface area contributed by atoms with Crippen LogP contribution in [-0.2, 0) is 9.59 Å². The average molecular weight is 455 g/mol. The Morgan fingerprint density at radius 2 is 1.21 bits per heavy atom. The lowest BCUT2D eigenvalue weighted by molar-refractivity contribution is -0.155. The third kappa shape index (κ3) is 6.34. The van der Waals surface area contributed by atoms with Crippen molar-refractivity contribution in [2.24, 2.45) is 22.7 Å². The number of carbonyl (C=O) groups excluding carboxylic acids is 1. The van der Waals surface area contributed by atoms with Crippen LogP contribution in [0, 0.1) is 22.7 Å². The molecule has 0 aliphatic rings. The lowest BCUT2D eigenvalue weighted by Gasteiger charge is -2.44. The summed E-state index contributed by atoms with van der Waals surface area (Å²) in [7, 11) is 0. The molecule has 33 heavy (non-hydrogen) atoms. The van der Waals surface area contributed by atoms with Gasteiger partial charge in [0.25, 0.3) is 5.91 Å². The van der Waals surface area contributed by atoms with Crippen molar-refractivity contribution in [1.29, 1.82) is 0 Å². The predicted octanol–water partition coefficient (Wildman–Crippen LogP) is 4.53. The summed E-state index contributed by atoms with van der Waals surface area (Å²) in [5, 5.41) is 22.6. The van der Waals surface area contributed by atoms with E-state index in [2.05, 4.69) is 5.32 Å². The smallest absolute Gasteiger partial charge is 0.326 e. The molecule has 0 bridgehead atoms. The first-order chi connectivity index (χ1) is 15.1. The van der Waals surface area contributed by atoms with Crippen molar-refractivity contribution in [2.45, 2.75) is 47.6 Å². The molecule has 0 aliphatic heterocycles. The molecule has 0 spiro atoms. The summed E-state index contributed by atoms with van der Waals surface area (Å²) >= 11 is 0. The number of nitrogens with two attached hydrogens (primary N) is 1. The number of amides is 1. The maximum absolute atomic E-state index is 13.0. The Morgan fingerprint density at radius 3 is 1.58 bits per heavy atom. The lowest BCUT2D eigenvalue weighted by atomic mass is 9.61. The van der Waals surface area contributed by atoms with Crippen molar-refractivity contribution >= 4 is 23.5 Å². The monoisotopic (exact) mass is 454 g/mol. The molecule has 0 heterocycles. The van der Waals surface area contributed by atoms with E-state index in [0.29, 0.717) is 5.69 Å². The maximum Gasteiger partial charge on any atom is 0.326 e. The van der Waals surface area contributed by atoms with E-state index < -0.39 is 46.6 Å². The van der Waals surface area contributed by atoms with Crippen LogP contribution in [0.2, 0.25) is 0 Å². The van der Waals surface area contributed by atoms with Crippen molar-refractivity contribution in [1.82, 2.24) is 5.32 Å². The number of nitrogen functional groups attached to an aromatic ring is 1. The number of carboxylic acids is 2. The van der Waals surface area contributed by atoms with E-state index in [1.165, 1.54) is 0 Å². The normalized spacial score (nSPS) is 14.7. The lowest BCUT2D eigenvalue weighted by Crippen LogP contribution is -2.56. The number of rotatable bonds is 7. The summed E-state index contributed by atoms with van der Waals surface area (Å²) < 4.78 is 0. The van der Waals surface area contributed by atoms with Crippen LogP contribution in [0.5, 0.6) is 0 Å². The third-order valence-electron chi connectivity index (χ3n) is 5.86. The molecule has 0 fully saturated rings. The molecular formula is C26H34N2O5. The van der Waals surface area contributed by atoms with Gasteiger partial charge in [-0.15, -0.1) is 0 Å². The van der Waals surface area contributed by atoms with Crippen molar-refractivity contribution in [3.63, 3.8) is 0 Å². The van der Waals surface area contributed by atoms with E-state index in [1.807, 2.05) is 12.1 Å². The molecule has 3 atom stereocenters. The summed E-state index contributed by atoms with van der Waals surface area (Å²) in [6, 6.07) is 12.7. The Labute approximate surface area is 195 Å². The van der Waals surface area contributed by atoms with Crippen LogP contribution in [-0.4, -0.2) is 34.1 Å². The minimum atomic E-state index is -1.38. The fraction of sp³-hybridized carbons (Fsp3) is 0.423. The van der Waals surface area contributed by atoms with Crippen LogP contribution in [0.25, 0.3) is 11.1 Å². The molecule has 178 valence electrons. The fourth-order valence-corrected chi connectivity index (χ4v) is 4.27. The van der Waals surface area contributed by atoms with Crippen LogP contribution in [0.3, 0.4) is 0 Å². The van der Waals surface area contributed by atoms with E-state index in [9.17, 15) is 24.6 Å². The quantitative estimate of drug-likeness (QED) is 0.455. The van der Waals surface area contributed by atoms with Crippen LogP contribution >= 0.6 is 0 Å². The number of benzene rings is 2. The number of anilines is 1.